The molecule has 0 radical (unpaired) electrons. The number of aromatic nitrogens is 1. The molecule has 1 aromatic heterocycles. The van der Waals surface area contributed by atoms with Crippen LogP contribution in [0.5, 0.6) is 0 Å². The average molecular weight is 724 g/mol. The van der Waals surface area contributed by atoms with Crippen molar-refractivity contribution in [3.63, 3.8) is 0 Å². The fourth-order valence-electron chi connectivity index (χ4n) is 4.72. The number of carbonyl (C=O) groups is 2. The number of hydrogen-bond donors (Lipinski definition) is 2. The third-order valence-electron chi connectivity index (χ3n) is 7.36. The van der Waals surface area contributed by atoms with Gasteiger partial charge >= 0.3 is 18.0 Å². The molecule has 2 N–H and O–H groups in total. The molecule has 0 saturated heterocycles. The summed E-state index contributed by atoms with van der Waals surface area (Å²) in [4.78, 5) is 41.8. The van der Waals surface area contributed by atoms with Crippen molar-refractivity contribution >= 4 is 23.3 Å². The summed E-state index contributed by atoms with van der Waals surface area (Å²) in [5.41, 5.74) is -3.47. The minimum Gasteiger partial charge on any atom is -0.375 e. The van der Waals surface area contributed by atoms with E-state index in [-0.39, 0.29) is 50.8 Å². The summed E-state index contributed by atoms with van der Waals surface area (Å²) in [6, 6.07) is 16.5. The fourth-order valence-corrected chi connectivity index (χ4v) is 4.72. The molecular formula is C34H35F6N5O6. The van der Waals surface area contributed by atoms with Gasteiger partial charge in [0.2, 0.25) is 11.3 Å². The van der Waals surface area contributed by atoms with Crippen LogP contribution in [0.1, 0.15) is 46.4 Å². The number of benzene rings is 2. The highest BCUT2D eigenvalue weighted by atomic mass is 19.4. The van der Waals surface area contributed by atoms with E-state index in [1.807, 2.05) is 0 Å². The number of carbonyl (C=O) groups excluding carboxylic acids is 2. The minimum absolute atomic E-state index is 0.0951. The predicted molar refractivity (Wildman–Crippen MR) is 174 cm³/mol. The number of hydrazine groups is 1. The second-order valence-corrected chi connectivity index (χ2v) is 10.9. The van der Waals surface area contributed by atoms with E-state index in [1.54, 1.807) is 47.2 Å². The first-order chi connectivity index (χ1) is 24.1. The second-order valence-electron chi connectivity index (χ2n) is 10.9. The number of rotatable bonds is 18. The van der Waals surface area contributed by atoms with Gasteiger partial charge in [0.1, 0.15) is 11.4 Å². The lowest BCUT2D eigenvalue weighted by atomic mass is 9.95. The molecule has 1 atom stereocenters. The van der Waals surface area contributed by atoms with Gasteiger partial charge in [-0.3, -0.25) is 30.6 Å². The van der Waals surface area contributed by atoms with Crippen LogP contribution in [0.2, 0.25) is 0 Å². The third-order valence-corrected chi connectivity index (χ3v) is 7.36. The normalized spacial score (nSPS) is 12.7. The molecule has 0 spiro atoms. The lowest BCUT2D eigenvalue weighted by molar-refractivity contribution is -0.385. The SMILES string of the molecule is C=CCCN(CCOCc1ccccc1)c1nc(C(=O)NNC(=O)C(CCC=C)(OCc2ccccc2)C(F)(F)F)c([N+](=O)[O-])cc1C(F)(F)F. The van der Waals surface area contributed by atoms with Crippen molar-refractivity contribution in [2.45, 2.75) is 50.4 Å². The molecule has 0 aliphatic rings. The number of halogens is 6. The highest BCUT2D eigenvalue weighted by Crippen LogP contribution is 2.40. The molecule has 0 bridgehead atoms. The van der Waals surface area contributed by atoms with Crippen LogP contribution in [-0.2, 0) is 33.7 Å². The number of nitrogens with zero attached hydrogens (tertiary/aromatic N) is 3. The Kier molecular flexibility index (Phi) is 14.2. The molecule has 0 aliphatic carbocycles. The fraction of sp³-hybridized carbons (Fsp3) is 0.324. The molecule has 51 heavy (non-hydrogen) atoms. The molecule has 1 unspecified atom stereocenters. The minimum atomic E-state index is -5.35. The molecular weight excluding hydrogens is 688 g/mol. The predicted octanol–water partition coefficient (Wildman–Crippen LogP) is 6.85. The standard InChI is InChI=1S/C34H35F6N5O6/c1-3-5-17-32(34(38,39)40,51-23-25-15-11-8-12-16-25)31(47)43-42-30(46)28-27(45(48)49)21-26(33(35,36)37)29(41-28)44(18-6-4-2)19-20-50-22-24-13-9-7-10-14-24/h3-4,7-16,21H,1-2,5-6,17-20,22-23H2,(H,42,46)(H,43,47). The Balaban J connectivity index is 1.96. The lowest BCUT2D eigenvalue weighted by Crippen LogP contribution is -2.61. The summed E-state index contributed by atoms with van der Waals surface area (Å²) in [5.74, 6) is -4.47. The highest BCUT2D eigenvalue weighted by molar-refractivity contribution is 5.98. The summed E-state index contributed by atoms with van der Waals surface area (Å²) in [5, 5.41) is 11.9. The van der Waals surface area contributed by atoms with Crippen molar-refractivity contribution in [1.82, 2.24) is 15.8 Å². The first kappa shape index (κ1) is 40.1. The number of ether oxygens (including phenoxy) is 2. The van der Waals surface area contributed by atoms with E-state index in [2.05, 4.69) is 18.1 Å². The summed E-state index contributed by atoms with van der Waals surface area (Å²) in [6.07, 6.45) is -9.23. The zero-order valence-corrected chi connectivity index (χ0v) is 27.1. The number of alkyl halides is 6. The van der Waals surface area contributed by atoms with Crippen LogP contribution < -0.4 is 15.8 Å². The van der Waals surface area contributed by atoms with Crippen LogP contribution in [0.4, 0.5) is 37.8 Å². The van der Waals surface area contributed by atoms with Gasteiger partial charge in [0.25, 0.3) is 11.8 Å². The molecule has 17 heteroatoms. The molecule has 0 saturated carbocycles. The van der Waals surface area contributed by atoms with E-state index in [4.69, 9.17) is 9.47 Å². The number of allylic oxidation sites excluding steroid dienone is 1. The van der Waals surface area contributed by atoms with Gasteiger partial charge in [0, 0.05) is 19.2 Å². The van der Waals surface area contributed by atoms with Crippen LogP contribution >= 0.6 is 0 Å². The zero-order valence-electron chi connectivity index (χ0n) is 27.1. The van der Waals surface area contributed by atoms with Crippen LogP contribution in [0, 0.1) is 10.1 Å². The van der Waals surface area contributed by atoms with Gasteiger partial charge in [-0.2, -0.15) is 26.3 Å². The first-order valence-corrected chi connectivity index (χ1v) is 15.3. The van der Waals surface area contributed by atoms with E-state index in [0.29, 0.717) is 0 Å². The van der Waals surface area contributed by atoms with Crippen LogP contribution in [0.15, 0.2) is 92.0 Å². The highest BCUT2D eigenvalue weighted by Gasteiger charge is 2.61. The van der Waals surface area contributed by atoms with Crippen molar-refractivity contribution in [3.8, 4) is 0 Å². The van der Waals surface area contributed by atoms with E-state index < -0.39 is 70.5 Å². The first-order valence-electron chi connectivity index (χ1n) is 15.3. The van der Waals surface area contributed by atoms with E-state index in [0.717, 1.165) is 16.5 Å². The van der Waals surface area contributed by atoms with Crippen LogP contribution in [0.25, 0.3) is 0 Å². The van der Waals surface area contributed by atoms with Crippen LogP contribution in [0.3, 0.4) is 0 Å². The summed E-state index contributed by atoms with van der Waals surface area (Å²) >= 11 is 0. The molecule has 3 rings (SSSR count). The maximum Gasteiger partial charge on any atom is 0.426 e. The van der Waals surface area contributed by atoms with E-state index in [1.165, 1.54) is 30.3 Å². The molecule has 11 nitrogen and oxygen atoms in total. The van der Waals surface area contributed by atoms with E-state index in [9.17, 15) is 46.0 Å². The Morgan fingerprint density at radius 1 is 0.882 bits per heavy atom. The maximum absolute atomic E-state index is 14.5. The van der Waals surface area contributed by atoms with Gasteiger partial charge in [-0.15, -0.1) is 13.2 Å². The number of nitrogens with one attached hydrogen (secondary N) is 2. The monoisotopic (exact) mass is 723 g/mol. The van der Waals surface area contributed by atoms with Gasteiger partial charge in [-0.1, -0.05) is 72.8 Å². The Morgan fingerprint density at radius 2 is 1.47 bits per heavy atom. The molecule has 1 heterocycles. The van der Waals surface area contributed by atoms with Gasteiger partial charge in [0.05, 0.1) is 24.7 Å². The number of nitro groups is 1. The van der Waals surface area contributed by atoms with Crippen molar-refractivity contribution in [1.29, 1.82) is 0 Å². The Bertz CT molecular complexity index is 1660. The van der Waals surface area contributed by atoms with E-state index >= 15 is 0 Å². The maximum atomic E-state index is 14.5. The largest absolute Gasteiger partial charge is 0.426 e. The number of pyridine rings is 1. The Morgan fingerprint density at radius 3 is 2.00 bits per heavy atom. The van der Waals surface area contributed by atoms with Gasteiger partial charge in [-0.05, 0) is 30.4 Å². The number of anilines is 1. The smallest absolute Gasteiger partial charge is 0.375 e. The second kappa shape index (κ2) is 18.1. The van der Waals surface area contributed by atoms with Gasteiger partial charge in [0.15, 0.2) is 0 Å². The Labute approximate surface area is 289 Å². The average Bonchev–Trinajstić information content (AvgIpc) is 3.09. The van der Waals surface area contributed by atoms with Gasteiger partial charge < -0.3 is 14.4 Å². The summed E-state index contributed by atoms with van der Waals surface area (Å²) in [7, 11) is 0. The molecule has 2 aromatic carbocycles. The van der Waals surface area contributed by atoms with Crippen molar-refractivity contribution in [2.75, 3.05) is 24.6 Å². The molecule has 2 amide bonds. The topological polar surface area (TPSA) is 136 Å². The van der Waals surface area contributed by atoms with Crippen molar-refractivity contribution in [3.05, 3.63) is 125 Å². The molecule has 0 aliphatic heterocycles. The summed E-state index contributed by atoms with van der Waals surface area (Å²) in [6.45, 7) is 5.87. The number of hydrogen-bond acceptors (Lipinski definition) is 8. The quantitative estimate of drug-likeness (QED) is 0.0478. The molecule has 3 aromatic rings. The number of amides is 2. The van der Waals surface area contributed by atoms with Crippen molar-refractivity contribution in [2.24, 2.45) is 0 Å². The van der Waals surface area contributed by atoms with Gasteiger partial charge in [-0.25, -0.2) is 4.98 Å². The van der Waals surface area contributed by atoms with Crippen molar-refractivity contribution < 1.29 is 50.3 Å². The summed E-state index contributed by atoms with van der Waals surface area (Å²) < 4.78 is 97.2. The van der Waals surface area contributed by atoms with Crippen LogP contribution in [-0.4, -0.2) is 53.2 Å². The lowest BCUT2D eigenvalue weighted by Gasteiger charge is -2.34. The zero-order chi connectivity index (χ0) is 37.7. The Hall–Kier alpha value is -5.29. The molecule has 0 fully saturated rings. The third kappa shape index (κ3) is 10.8. The molecule has 274 valence electrons.